The fraction of sp³-hybridized carbons (Fsp3) is 0.455. The predicted octanol–water partition coefficient (Wildman–Crippen LogP) is 0.994. The lowest BCUT2D eigenvalue weighted by Gasteiger charge is -1.98. The van der Waals surface area contributed by atoms with Crippen molar-refractivity contribution >= 4 is 5.97 Å². The fourth-order valence-corrected chi connectivity index (χ4v) is 1.46. The van der Waals surface area contributed by atoms with Crippen LogP contribution in [0.2, 0.25) is 0 Å². The Bertz CT molecular complexity index is 532. The van der Waals surface area contributed by atoms with Crippen LogP contribution in [0, 0.1) is 6.92 Å². The second-order valence-corrected chi connectivity index (χ2v) is 3.70. The lowest BCUT2D eigenvalue weighted by Crippen LogP contribution is -2.05. The van der Waals surface area contributed by atoms with Gasteiger partial charge in [0.1, 0.15) is 0 Å². The van der Waals surface area contributed by atoms with Crippen LogP contribution in [0.5, 0.6) is 0 Å². The zero-order valence-corrected chi connectivity index (χ0v) is 10.3. The van der Waals surface area contributed by atoms with E-state index in [1.807, 2.05) is 0 Å². The Hall–Kier alpha value is -2.18. The van der Waals surface area contributed by atoms with Gasteiger partial charge < -0.3 is 13.8 Å². The largest absolute Gasteiger partial charge is 0.461 e. The Morgan fingerprint density at radius 3 is 3.06 bits per heavy atom. The first kappa shape index (κ1) is 12.3. The molecule has 0 radical (unpaired) electrons. The van der Waals surface area contributed by atoms with Crippen molar-refractivity contribution in [3.8, 4) is 0 Å². The van der Waals surface area contributed by atoms with Crippen LogP contribution in [0.25, 0.3) is 0 Å². The molecule has 0 aromatic carbocycles. The van der Waals surface area contributed by atoms with Gasteiger partial charge in [0.05, 0.1) is 12.9 Å². The number of carbonyl (C=O) groups excluding carboxylic acids is 1. The Balaban J connectivity index is 1.92. The molecule has 0 saturated heterocycles. The maximum Gasteiger partial charge on any atom is 0.358 e. The average Bonchev–Trinajstić information content (AvgIpc) is 2.95. The molecule has 0 bridgehead atoms. The van der Waals surface area contributed by atoms with E-state index in [1.165, 1.54) is 0 Å². The molecule has 0 aliphatic carbocycles. The number of esters is 1. The van der Waals surface area contributed by atoms with Crippen LogP contribution in [0.4, 0.5) is 0 Å². The molecular weight excluding hydrogens is 236 g/mol. The molecule has 2 aromatic heterocycles. The van der Waals surface area contributed by atoms with Crippen molar-refractivity contribution in [2.75, 3.05) is 6.61 Å². The van der Waals surface area contributed by atoms with Gasteiger partial charge in [-0.25, -0.2) is 9.78 Å². The molecule has 2 aromatic rings. The summed E-state index contributed by atoms with van der Waals surface area (Å²) in [4.78, 5) is 19.5. The number of hydrogen-bond acceptors (Lipinski definition) is 6. The standard InChI is InChI=1S/C11H14N4O3/c1-3-17-11(16)9-6-15(7-12-9)5-4-10-13-8(2)18-14-10/h6-7H,3-5H2,1-2H3. The second kappa shape index (κ2) is 5.44. The molecule has 2 heterocycles. The summed E-state index contributed by atoms with van der Waals surface area (Å²) in [6.07, 6.45) is 3.85. The van der Waals surface area contributed by atoms with Crippen LogP contribution in [0.3, 0.4) is 0 Å². The number of aromatic nitrogens is 4. The Morgan fingerprint density at radius 1 is 1.56 bits per heavy atom. The van der Waals surface area contributed by atoms with E-state index >= 15 is 0 Å². The number of hydrogen-bond donors (Lipinski definition) is 0. The van der Waals surface area contributed by atoms with Gasteiger partial charge in [0, 0.05) is 26.1 Å². The van der Waals surface area contributed by atoms with Crippen LogP contribution in [0.15, 0.2) is 17.0 Å². The Morgan fingerprint density at radius 2 is 2.39 bits per heavy atom. The van der Waals surface area contributed by atoms with Crippen molar-refractivity contribution in [3.05, 3.63) is 29.9 Å². The van der Waals surface area contributed by atoms with Crippen molar-refractivity contribution in [2.45, 2.75) is 26.8 Å². The molecule has 0 unspecified atom stereocenters. The molecular formula is C11H14N4O3. The topological polar surface area (TPSA) is 83.0 Å². The van der Waals surface area contributed by atoms with E-state index in [1.54, 1.807) is 30.9 Å². The van der Waals surface area contributed by atoms with Gasteiger partial charge in [0.2, 0.25) is 5.89 Å². The van der Waals surface area contributed by atoms with Crippen LogP contribution >= 0.6 is 0 Å². The lowest BCUT2D eigenvalue weighted by molar-refractivity contribution is 0.0520. The number of nitrogens with zero attached hydrogens (tertiary/aromatic N) is 4. The zero-order chi connectivity index (χ0) is 13.0. The highest BCUT2D eigenvalue weighted by Gasteiger charge is 2.10. The first-order valence-electron chi connectivity index (χ1n) is 5.67. The molecule has 0 aliphatic rings. The SMILES string of the molecule is CCOC(=O)c1cn(CCc2noc(C)n2)cn1. The van der Waals surface area contributed by atoms with Gasteiger partial charge >= 0.3 is 5.97 Å². The van der Waals surface area contributed by atoms with Gasteiger partial charge in [-0.05, 0) is 6.92 Å². The minimum atomic E-state index is -0.411. The smallest absolute Gasteiger partial charge is 0.358 e. The summed E-state index contributed by atoms with van der Waals surface area (Å²) in [7, 11) is 0. The van der Waals surface area contributed by atoms with Gasteiger partial charge in [0.15, 0.2) is 11.5 Å². The zero-order valence-electron chi connectivity index (χ0n) is 10.3. The molecule has 2 rings (SSSR count). The van der Waals surface area contributed by atoms with Crippen LogP contribution < -0.4 is 0 Å². The number of rotatable bonds is 5. The maximum atomic E-state index is 11.4. The quantitative estimate of drug-likeness (QED) is 0.736. The summed E-state index contributed by atoms with van der Waals surface area (Å²) in [5.74, 6) is 0.772. The van der Waals surface area contributed by atoms with E-state index in [9.17, 15) is 4.79 Å². The number of carbonyl (C=O) groups is 1. The average molecular weight is 250 g/mol. The minimum absolute atomic E-state index is 0.307. The number of aryl methyl sites for hydroxylation is 3. The Labute approximate surface area is 104 Å². The molecule has 18 heavy (non-hydrogen) atoms. The number of imidazole rings is 1. The lowest BCUT2D eigenvalue weighted by atomic mass is 10.4. The van der Waals surface area contributed by atoms with Crippen molar-refractivity contribution < 1.29 is 14.1 Å². The van der Waals surface area contributed by atoms with Gasteiger partial charge in [-0.3, -0.25) is 0 Å². The molecule has 0 aliphatic heterocycles. The Kier molecular flexibility index (Phi) is 3.71. The summed E-state index contributed by atoms with van der Waals surface area (Å²) < 4.78 is 11.5. The molecule has 7 heteroatoms. The molecule has 0 amide bonds. The highest BCUT2D eigenvalue weighted by atomic mass is 16.5. The molecule has 0 fully saturated rings. The van der Waals surface area contributed by atoms with Gasteiger partial charge in [-0.15, -0.1) is 0 Å². The molecule has 0 spiro atoms. The van der Waals surface area contributed by atoms with Crippen LogP contribution in [-0.4, -0.2) is 32.3 Å². The maximum absolute atomic E-state index is 11.4. The monoisotopic (exact) mass is 250 g/mol. The van der Waals surface area contributed by atoms with Gasteiger partial charge in [-0.1, -0.05) is 5.16 Å². The molecule has 0 atom stereocenters. The first-order chi connectivity index (χ1) is 8.69. The van der Waals surface area contributed by atoms with Gasteiger partial charge in [0.25, 0.3) is 0 Å². The van der Waals surface area contributed by atoms with Crippen molar-refractivity contribution in [1.82, 2.24) is 19.7 Å². The minimum Gasteiger partial charge on any atom is -0.461 e. The normalized spacial score (nSPS) is 10.6. The first-order valence-corrected chi connectivity index (χ1v) is 5.67. The highest BCUT2D eigenvalue weighted by Crippen LogP contribution is 2.02. The molecule has 7 nitrogen and oxygen atoms in total. The molecule has 0 N–H and O–H groups in total. The summed E-state index contributed by atoms with van der Waals surface area (Å²) in [5, 5.41) is 3.79. The third-order valence-electron chi connectivity index (χ3n) is 2.28. The van der Waals surface area contributed by atoms with Crippen molar-refractivity contribution in [1.29, 1.82) is 0 Å². The third-order valence-corrected chi connectivity index (χ3v) is 2.28. The second-order valence-electron chi connectivity index (χ2n) is 3.70. The van der Waals surface area contributed by atoms with E-state index in [0.717, 1.165) is 0 Å². The van der Waals surface area contributed by atoms with Crippen molar-refractivity contribution in [2.24, 2.45) is 0 Å². The predicted molar refractivity (Wildman–Crippen MR) is 60.9 cm³/mol. The summed E-state index contributed by atoms with van der Waals surface area (Å²) in [5.41, 5.74) is 0.307. The van der Waals surface area contributed by atoms with Crippen molar-refractivity contribution in [3.63, 3.8) is 0 Å². The highest BCUT2D eigenvalue weighted by molar-refractivity contribution is 5.86. The fourth-order valence-electron chi connectivity index (χ4n) is 1.46. The van der Waals surface area contributed by atoms with E-state index in [0.29, 0.717) is 37.0 Å². The van der Waals surface area contributed by atoms with E-state index in [2.05, 4.69) is 15.1 Å². The molecule has 0 saturated carbocycles. The summed E-state index contributed by atoms with van der Waals surface area (Å²) in [6, 6.07) is 0. The third kappa shape index (κ3) is 2.93. The number of ether oxygens (including phenoxy) is 1. The molecule has 96 valence electrons. The van der Waals surface area contributed by atoms with Crippen LogP contribution in [0.1, 0.15) is 29.1 Å². The summed E-state index contributed by atoms with van der Waals surface area (Å²) in [6.45, 7) is 4.47. The summed E-state index contributed by atoms with van der Waals surface area (Å²) >= 11 is 0. The van der Waals surface area contributed by atoms with E-state index in [4.69, 9.17) is 9.26 Å². The van der Waals surface area contributed by atoms with E-state index < -0.39 is 5.97 Å². The van der Waals surface area contributed by atoms with Gasteiger partial charge in [-0.2, -0.15) is 4.98 Å². The van der Waals surface area contributed by atoms with E-state index in [-0.39, 0.29) is 0 Å². The van der Waals surface area contributed by atoms with Crippen LogP contribution in [-0.2, 0) is 17.7 Å².